The highest BCUT2D eigenvalue weighted by Gasteiger charge is 2.31. The molecule has 1 amide bonds. The Morgan fingerprint density at radius 2 is 2.42 bits per heavy atom. The van der Waals surface area contributed by atoms with E-state index in [0.717, 1.165) is 16.6 Å². The number of aromatic nitrogens is 2. The van der Waals surface area contributed by atoms with Gasteiger partial charge in [-0.1, -0.05) is 0 Å². The van der Waals surface area contributed by atoms with E-state index >= 15 is 0 Å². The molecule has 1 fully saturated rings. The highest BCUT2D eigenvalue weighted by molar-refractivity contribution is 6.01. The molecule has 0 bridgehead atoms. The summed E-state index contributed by atoms with van der Waals surface area (Å²) in [6.45, 7) is 2.28. The van der Waals surface area contributed by atoms with Crippen molar-refractivity contribution in [2.24, 2.45) is 0 Å². The summed E-state index contributed by atoms with van der Waals surface area (Å²) in [5.41, 5.74) is 2.02. The Balaban J connectivity index is 2.00. The first-order chi connectivity index (χ1) is 9.20. The molecule has 1 aliphatic heterocycles. The molecule has 0 aliphatic carbocycles. The minimum Gasteiger partial charge on any atom is -0.356 e. The van der Waals surface area contributed by atoms with Gasteiger partial charge >= 0.3 is 0 Å². The number of rotatable bonds is 2. The van der Waals surface area contributed by atoms with Gasteiger partial charge in [0.2, 0.25) is 6.35 Å². The largest absolute Gasteiger partial charge is 0.356 e. The van der Waals surface area contributed by atoms with Gasteiger partial charge in [0.25, 0.3) is 5.91 Å². The van der Waals surface area contributed by atoms with E-state index in [1.165, 1.54) is 4.90 Å². The second kappa shape index (κ2) is 4.40. The van der Waals surface area contributed by atoms with E-state index in [-0.39, 0.29) is 5.91 Å². The van der Waals surface area contributed by atoms with Crippen LogP contribution in [0.4, 0.5) is 0 Å². The van der Waals surface area contributed by atoms with Crippen molar-refractivity contribution in [2.45, 2.75) is 13.3 Å². The standard InChI is InChI=1S/C13H14N4O2/c1-2-17-12(18)10(16-13(17)19)6-8-7-15-11-9(8)4-3-5-14-11/h3-7,13,16,19H,2H2,1H3,(H,14,15)/b10-6-. The van der Waals surface area contributed by atoms with Crippen LogP contribution in [-0.2, 0) is 4.79 Å². The van der Waals surface area contributed by atoms with Crippen LogP contribution in [0.2, 0.25) is 0 Å². The second-order valence-corrected chi connectivity index (χ2v) is 4.31. The summed E-state index contributed by atoms with van der Waals surface area (Å²) < 4.78 is 0. The lowest BCUT2D eigenvalue weighted by Gasteiger charge is -2.15. The molecule has 3 heterocycles. The number of hydrogen-bond acceptors (Lipinski definition) is 4. The average molecular weight is 258 g/mol. The predicted octanol–water partition coefficient (Wildman–Crippen LogP) is 0.631. The van der Waals surface area contributed by atoms with Gasteiger partial charge in [0.05, 0.1) is 0 Å². The Morgan fingerprint density at radius 1 is 1.58 bits per heavy atom. The molecule has 0 aromatic carbocycles. The van der Waals surface area contributed by atoms with Gasteiger partial charge in [-0.2, -0.15) is 0 Å². The van der Waals surface area contributed by atoms with Crippen molar-refractivity contribution in [3.63, 3.8) is 0 Å². The normalized spacial score (nSPS) is 21.4. The summed E-state index contributed by atoms with van der Waals surface area (Å²) in [6.07, 6.45) is 4.27. The fourth-order valence-corrected chi connectivity index (χ4v) is 2.22. The topological polar surface area (TPSA) is 81.2 Å². The molecule has 1 aliphatic rings. The van der Waals surface area contributed by atoms with E-state index in [1.54, 1.807) is 18.5 Å². The number of hydrogen-bond donors (Lipinski definition) is 3. The summed E-state index contributed by atoms with van der Waals surface area (Å²) in [7, 11) is 0. The first-order valence-electron chi connectivity index (χ1n) is 6.10. The van der Waals surface area contributed by atoms with Crippen molar-refractivity contribution in [2.75, 3.05) is 6.54 Å². The number of amides is 1. The number of fused-ring (bicyclic) bond motifs is 1. The Hall–Kier alpha value is -2.34. The van der Waals surface area contributed by atoms with E-state index in [9.17, 15) is 9.90 Å². The molecule has 6 nitrogen and oxygen atoms in total. The summed E-state index contributed by atoms with van der Waals surface area (Å²) in [4.78, 5) is 20.6. The minimum absolute atomic E-state index is 0.201. The number of likely N-dealkylation sites (N-methyl/N-ethyl adjacent to an activating group) is 1. The lowest BCUT2D eigenvalue weighted by atomic mass is 10.2. The van der Waals surface area contributed by atoms with Gasteiger partial charge in [-0.05, 0) is 25.1 Å². The van der Waals surface area contributed by atoms with Gasteiger partial charge in [-0.3, -0.25) is 9.69 Å². The zero-order valence-electron chi connectivity index (χ0n) is 10.4. The fourth-order valence-electron chi connectivity index (χ4n) is 2.22. The van der Waals surface area contributed by atoms with Crippen LogP contribution in [0.5, 0.6) is 0 Å². The van der Waals surface area contributed by atoms with Crippen molar-refractivity contribution in [3.05, 3.63) is 35.8 Å². The third-order valence-corrected chi connectivity index (χ3v) is 3.19. The Kier molecular flexibility index (Phi) is 2.72. The zero-order chi connectivity index (χ0) is 13.4. The average Bonchev–Trinajstić information content (AvgIpc) is 2.93. The van der Waals surface area contributed by atoms with Gasteiger partial charge in [0.1, 0.15) is 11.3 Å². The lowest BCUT2D eigenvalue weighted by molar-refractivity contribution is -0.130. The first kappa shape index (κ1) is 11.7. The van der Waals surface area contributed by atoms with Gasteiger partial charge in [-0.15, -0.1) is 0 Å². The third kappa shape index (κ3) is 1.86. The Labute approximate surface area is 109 Å². The number of H-pyrrole nitrogens is 1. The van der Waals surface area contributed by atoms with E-state index in [2.05, 4.69) is 15.3 Å². The maximum Gasteiger partial charge on any atom is 0.273 e. The summed E-state index contributed by atoms with van der Waals surface area (Å²) in [5.74, 6) is -0.201. The van der Waals surface area contributed by atoms with Crippen molar-refractivity contribution in [1.29, 1.82) is 0 Å². The molecule has 0 spiro atoms. The molecule has 6 heteroatoms. The number of nitrogens with one attached hydrogen (secondary N) is 2. The van der Waals surface area contributed by atoms with Crippen molar-refractivity contribution < 1.29 is 9.90 Å². The van der Waals surface area contributed by atoms with Crippen LogP contribution >= 0.6 is 0 Å². The number of carbonyl (C=O) groups excluding carboxylic acids is 1. The van der Waals surface area contributed by atoms with Crippen molar-refractivity contribution >= 4 is 23.0 Å². The second-order valence-electron chi connectivity index (χ2n) is 4.31. The fraction of sp³-hybridized carbons (Fsp3) is 0.231. The zero-order valence-corrected chi connectivity index (χ0v) is 10.4. The SMILES string of the molecule is CCN1C(=O)/C(=C/c2c[nH]c3ncccc23)NC1O. The molecule has 2 aromatic heterocycles. The molecule has 3 N–H and O–H groups in total. The van der Waals surface area contributed by atoms with E-state index in [0.29, 0.717) is 12.2 Å². The molecule has 2 aromatic rings. The summed E-state index contributed by atoms with van der Waals surface area (Å²) in [5, 5.41) is 13.4. The maximum atomic E-state index is 12.0. The highest BCUT2D eigenvalue weighted by Crippen LogP contribution is 2.21. The number of aromatic amines is 1. The quantitative estimate of drug-likeness (QED) is 0.690. The van der Waals surface area contributed by atoms with Crippen LogP contribution < -0.4 is 5.32 Å². The van der Waals surface area contributed by atoms with Crippen LogP contribution in [0, 0.1) is 0 Å². The third-order valence-electron chi connectivity index (χ3n) is 3.19. The monoisotopic (exact) mass is 258 g/mol. The smallest absolute Gasteiger partial charge is 0.273 e. The van der Waals surface area contributed by atoms with Crippen LogP contribution in [0.1, 0.15) is 12.5 Å². The number of aliphatic hydroxyl groups excluding tert-OH is 1. The molecule has 98 valence electrons. The number of nitrogens with zero attached hydrogens (tertiary/aromatic N) is 2. The van der Waals surface area contributed by atoms with Crippen molar-refractivity contribution in [3.8, 4) is 0 Å². The molecule has 19 heavy (non-hydrogen) atoms. The number of carbonyl (C=O) groups is 1. The van der Waals surface area contributed by atoms with Crippen molar-refractivity contribution in [1.82, 2.24) is 20.2 Å². The molecule has 1 unspecified atom stereocenters. The molecule has 3 rings (SSSR count). The molecule has 0 radical (unpaired) electrons. The molecule has 1 saturated heterocycles. The first-order valence-corrected chi connectivity index (χ1v) is 6.10. The van der Waals surface area contributed by atoms with Gasteiger partial charge in [0, 0.05) is 29.9 Å². The molecular formula is C13H14N4O2. The van der Waals surface area contributed by atoms with Gasteiger partial charge in [-0.25, -0.2) is 4.98 Å². The maximum absolute atomic E-state index is 12.0. The predicted molar refractivity (Wildman–Crippen MR) is 70.6 cm³/mol. The Bertz CT molecular complexity index is 661. The van der Waals surface area contributed by atoms with Crippen LogP contribution in [0.25, 0.3) is 17.1 Å². The Morgan fingerprint density at radius 3 is 3.16 bits per heavy atom. The summed E-state index contributed by atoms with van der Waals surface area (Å²) >= 11 is 0. The van der Waals surface area contributed by atoms with E-state index in [4.69, 9.17) is 0 Å². The van der Waals surface area contributed by atoms with Crippen LogP contribution in [0.15, 0.2) is 30.2 Å². The minimum atomic E-state index is -0.952. The molecular weight excluding hydrogens is 244 g/mol. The number of pyridine rings is 1. The van der Waals surface area contributed by atoms with Gasteiger partial charge < -0.3 is 15.4 Å². The molecule has 0 saturated carbocycles. The summed E-state index contributed by atoms with van der Waals surface area (Å²) in [6, 6.07) is 3.77. The molecule has 1 atom stereocenters. The van der Waals surface area contributed by atoms with Gasteiger partial charge in [0.15, 0.2) is 0 Å². The van der Waals surface area contributed by atoms with E-state index < -0.39 is 6.35 Å². The highest BCUT2D eigenvalue weighted by atomic mass is 16.3. The number of aliphatic hydroxyl groups is 1. The van der Waals surface area contributed by atoms with E-state index in [1.807, 2.05) is 19.1 Å². The van der Waals surface area contributed by atoms with Crippen LogP contribution in [0.3, 0.4) is 0 Å². The lowest BCUT2D eigenvalue weighted by Crippen LogP contribution is -2.36. The van der Waals surface area contributed by atoms with Crippen LogP contribution in [-0.4, -0.2) is 38.8 Å².